The lowest BCUT2D eigenvalue weighted by molar-refractivity contribution is -0.116. The molecule has 0 saturated carbocycles. The number of fused-ring (bicyclic) bond motifs is 1. The molecule has 3 rings (SSSR count). The summed E-state index contributed by atoms with van der Waals surface area (Å²) in [6, 6.07) is 11.9. The highest BCUT2D eigenvalue weighted by atomic mass is 35.5. The maximum Gasteiger partial charge on any atom is 0.240 e. The smallest absolute Gasteiger partial charge is 0.240 e. The average Bonchev–Trinajstić information content (AvgIpc) is 3.04. The first-order valence-corrected chi connectivity index (χ1v) is 10.7. The Morgan fingerprint density at radius 2 is 2.04 bits per heavy atom. The predicted octanol–water partition coefficient (Wildman–Crippen LogP) is 3.03. The summed E-state index contributed by atoms with van der Waals surface area (Å²) in [6.07, 6.45) is 1.05. The van der Waals surface area contributed by atoms with Crippen molar-refractivity contribution in [1.82, 2.24) is 4.72 Å². The van der Waals surface area contributed by atoms with E-state index in [1.165, 1.54) is 17.7 Å². The summed E-state index contributed by atoms with van der Waals surface area (Å²) in [5, 5.41) is 3.17. The minimum absolute atomic E-state index is 0.00665. The first kappa shape index (κ1) is 19.7. The molecule has 0 aliphatic carbocycles. The average molecular weight is 408 g/mol. The van der Waals surface area contributed by atoms with Crippen molar-refractivity contribution in [2.24, 2.45) is 0 Å². The maximum atomic E-state index is 12.2. The van der Waals surface area contributed by atoms with E-state index >= 15 is 0 Å². The van der Waals surface area contributed by atoms with E-state index in [9.17, 15) is 13.2 Å². The number of anilines is 2. The Kier molecular flexibility index (Phi) is 6.04. The fourth-order valence-corrected chi connectivity index (χ4v) is 4.42. The Hall–Kier alpha value is -2.09. The highest BCUT2D eigenvalue weighted by Gasteiger charge is 2.18. The van der Waals surface area contributed by atoms with Crippen LogP contribution in [0.5, 0.6) is 0 Å². The van der Waals surface area contributed by atoms with Crippen LogP contribution in [0.1, 0.15) is 18.9 Å². The summed E-state index contributed by atoms with van der Waals surface area (Å²) in [4.78, 5) is 14.5. The number of halogens is 1. The molecule has 0 fully saturated rings. The summed E-state index contributed by atoms with van der Waals surface area (Å²) in [5.74, 6) is -0.246. The van der Waals surface area contributed by atoms with Gasteiger partial charge in [0.2, 0.25) is 15.9 Å². The van der Waals surface area contributed by atoms with Gasteiger partial charge in [0, 0.05) is 42.5 Å². The molecular weight excluding hydrogens is 386 g/mol. The van der Waals surface area contributed by atoms with Gasteiger partial charge >= 0.3 is 0 Å². The van der Waals surface area contributed by atoms with Gasteiger partial charge in [-0.2, -0.15) is 0 Å². The van der Waals surface area contributed by atoms with Crippen LogP contribution in [0.15, 0.2) is 47.4 Å². The van der Waals surface area contributed by atoms with Crippen LogP contribution in [0.3, 0.4) is 0 Å². The van der Waals surface area contributed by atoms with Crippen molar-refractivity contribution in [3.63, 3.8) is 0 Å². The number of rotatable bonds is 7. The topological polar surface area (TPSA) is 78.5 Å². The van der Waals surface area contributed by atoms with Crippen LogP contribution in [-0.4, -0.2) is 34.0 Å². The van der Waals surface area contributed by atoms with E-state index in [1.807, 2.05) is 18.2 Å². The zero-order valence-electron chi connectivity index (χ0n) is 15.0. The number of carbonyl (C=O) groups is 1. The Morgan fingerprint density at radius 1 is 1.22 bits per heavy atom. The standard InChI is InChI=1S/C19H22ClN3O3S/c1-2-23-11-9-14-6-7-16(13-18(14)23)22-19(24)8-10-21-27(25,26)17-5-3-4-15(20)12-17/h3-7,12-13,21H,2,8-11H2,1H3,(H,22,24). The third-order valence-corrected chi connectivity index (χ3v) is 6.19. The highest BCUT2D eigenvalue weighted by Crippen LogP contribution is 2.30. The van der Waals surface area contributed by atoms with E-state index in [-0.39, 0.29) is 23.8 Å². The first-order valence-electron chi connectivity index (χ1n) is 8.82. The molecular formula is C19H22ClN3O3S. The number of hydrogen-bond acceptors (Lipinski definition) is 4. The second-order valence-electron chi connectivity index (χ2n) is 6.33. The zero-order chi connectivity index (χ0) is 19.4. The fraction of sp³-hybridized carbons (Fsp3) is 0.316. The van der Waals surface area contributed by atoms with Gasteiger partial charge in [0.25, 0.3) is 0 Å². The largest absolute Gasteiger partial charge is 0.371 e. The van der Waals surface area contributed by atoms with Crippen LogP contribution in [0, 0.1) is 0 Å². The van der Waals surface area contributed by atoms with Crippen LogP contribution in [-0.2, 0) is 21.2 Å². The Morgan fingerprint density at radius 3 is 2.78 bits per heavy atom. The molecule has 0 unspecified atom stereocenters. The quantitative estimate of drug-likeness (QED) is 0.739. The molecule has 1 amide bonds. The third-order valence-electron chi connectivity index (χ3n) is 4.49. The molecule has 0 spiro atoms. The van der Waals surface area contributed by atoms with Crippen molar-refractivity contribution in [2.75, 3.05) is 29.9 Å². The number of nitrogens with one attached hydrogen (secondary N) is 2. The van der Waals surface area contributed by atoms with Gasteiger partial charge in [0.15, 0.2) is 0 Å². The molecule has 2 aromatic carbocycles. The number of benzene rings is 2. The van der Waals surface area contributed by atoms with Gasteiger partial charge in [-0.3, -0.25) is 4.79 Å². The lowest BCUT2D eigenvalue weighted by atomic mass is 10.1. The van der Waals surface area contributed by atoms with Gasteiger partial charge < -0.3 is 10.2 Å². The number of hydrogen-bond donors (Lipinski definition) is 2. The molecule has 144 valence electrons. The predicted molar refractivity (Wildman–Crippen MR) is 108 cm³/mol. The molecule has 8 heteroatoms. The van der Waals surface area contributed by atoms with Crippen LogP contribution >= 0.6 is 11.6 Å². The molecule has 0 atom stereocenters. The van der Waals surface area contributed by atoms with Gasteiger partial charge in [-0.05, 0) is 49.2 Å². The third kappa shape index (κ3) is 4.80. The highest BCUT2D eigenvalue weighted by molar-refractivity contribution is 7.89. The maximum absolute atomic E-state index is 12.2. The zero-order valence-corrected chi connectivity index (χ0v) is 16.6. The summed E-state index contributed by atoms with van der Waals surface area (Å²) in [7, 11) is -3.69. The molecule has 0 bridgehead atoms. The molecule has 0 saturated heterocycles. The van der Waals surface area contributed by atoms with Crippen LogP contribution in [0.4, 0.5) is 11.4 Å². The van der Waals surface area contributed by atoms with Crippen molar-refractivity contribution < 1.29 is 13.2 Å². The molecule has 27 heavy (non-hydrogen) atoms. The number of likely N-dealkylation sites (N-methyl/N-ethyl adjacent to an activating group) is 1. The van der Waals surface area contributed by atoms with E-state index in [1.54, 1.807) is 12.1 Å². The van der Waals surface area contributed by atoms with Gasteiger partial charge in [0.05, 0.1) is 4.90 Å². The number of nitrogens with zero attached hydrogens (tertiary/aromatic N) is 1. The molecule has 6 nitrogen and oxygen atoms in total. The van der Waals surface area contributed by atoms with Gasteiger partial charge in [-0.25, -0.2) is 13.1 Å². The monoisotopic (exact) mass is 407 g/mol. The Balaban J connectivity index is 1.55. The molecule has 2 aromatic rings. The van der Waals surface area contributed by atoms with Crippen LogP contribution in [0.2, 0.25) is 5.02 Å². The normalized spacial score (nSPS) is 13.5. The molecule has 0 radical (unpaired) electrons. The second-order valence-corrected chi connectivity index (χ2v) is 8.53. The van der Waals surface area contributed by atoms with Crippen LogP contribution < -0.4 is 14.9 Å². The van der Waals surface area contributed by atoms with Gasteiger partial charge in [0.1, 0.15) is 0 Å². The second kappa shape index (κ2) is 8.29. The molecule has 1 heterocycles. The van der Waals surface area contributed by atoms with Crippen molar-refractivity contribution in [1.29, 1.82) is 0 Å². The minimum atomic E-state index is -3.69. The molecule has 2 N–H and O–H groups in total. The lowest BCUT2D eigenvalue weighted by Gasteiger charge is -2.17. The SMILES string of the molecule is CCN1CCc2ccc(NC(=O)CCNS(=O)(=O)c3cccc(Cl)c3)cc21. The van der Waals surface area contributed by atoms with Gasteiger partial charge in [-0.1, -0.05) is 23.7 Å². The van der Waals surface area contributed by atoms with Crippen molar-refractivity contribution in [2.45, 2.75) is 24.7 Å². The summed E-state index contributed by atoms with van der Waals surface area (Å²) in [6.45, 7) is 4.03. The summed E-state index contributed by atoms with van der Waals surface area (Å²) >= 11 is 5.83. The minimum Gasteiger partial charge on any atom is -0.371 e. The van der Waals surface area contributed by atoms with E-state index in [2.05, 4.69) is 21.9 Å². The number of sulfonamides is 1. The Bertz CT molecular complexity index is 947. The van der Waals surface area contributed by atoms with Crippen molar-refractivity contribution in [3.05, 3.63) is 53.1 Å². The first-order chi connectivity index (χ1) is 12.9. The lowest BCUT2D eigenvalue weighted by Crippen LogP contribution is -2.27. The number of amides is 1. The Labute approximate surface area is 164 Å². The van der Waals surface area contributed by atoms with Crippen LogP contribution in [0.25, 0.3) is 0 Å². The fourth-order valence-electron chi connectivity index (χ4n) is 3.09. The summed E-state index contributed by atoms with van der Waals surface area (Å²) in [5.41, 5.74) is 3.15. The van der Waals surface area contributed by atoms with Gasteiger partial charge in [-0.15, -0.1) is 0 Å². The van der Waals surface area contributed by atoms with Crippen molar-refractivity contribution >= 4 is 38.9 Å². The molecule has 0 aromatic heterocycles. The van der Waals surface area contributed by atoms with E-state index in [0.29, 0.717) is 5.02 Å². The number of carbonyl (C=O) groups excluding carboxylic acids is 1. The van der Waals surface area contributed by atoms with E-state index in [0.717, 1.165) is 30.9 Å². The van der Waals surface area contributed by atoms with E-state index in [4.69, 9.17) is 11.6 Å². The van der Waals surface area contributed by atoms with Crippen molar-refractivity contribution in [3.8, 4) is 0 Å². The summed E-state index contributed by atoms with van der Waals surface area (Å²) < 4.78 is 26.9. The molecule has 1 aliphatic heterocycles. The van der Waals surface area contributed by atoms with E-state index < -0.39 is 10.0 Å². The molecule has 1 aliphatic rings.